The Hall–Kier alpha value is -4.48. The molecule has 40 heavy (non-hydrogen) atoms. The van der Waals surface area contributed by atoms with Gasteiger partial charge in [0.05, 0.1) is 17.8 Å². The van der Waals surface area contributed by atoms with Crippen LogP contribution in [0.3, 0.4) is 0 Å². The lowest BCUT2D eigenvalue weighted by atomic mass is 10.0. The molecule has 1 atom stereocenters. The topological polar surface area (TPSA) is 119 Å². The zero-order chi connectivity index (χ0) is 27.8. The molecule has 0 aliphatic carbocycles. The van der Waals surface area contributed by atoms with Crippen LogP contribution < -0.4 is 16.0 Å². The van der Waals surface area contributed by atoms with Crippen molar-refractivity contribution in [2.45, 2.75) is 18.9 Å². The van der Waals surface area contributed by atoms with Crippen molar-refractivity contribution in [3.05, 3.63) is 83.9 Å². The molecule has 2 aromatic carbocycles. The van der Waals surface area contributed by atoms with Crippen LogP contribution >= 0.6 is 11.3 Å². The fraction of sp³-hybridized carbons (Fsp3) is 0.207. The van der Waals surface area contributed by atoms with E-state index < -0.39 is 17.6 Å². The number of aryl methyl sites for hydroxylation is 1. The minimum atomic E-state index is -0.636. The Morgan fingerprint density at radius 3 is 2.75 bits per heavy atom. The summed E-state index contributed by atoms with van der Waals surface area (Å²) >= 11 is 1.53. The number of amides is 2. The van der Waals surface area contributed by atoms with Gasteiger partial charge in [0.2, 0.25) is 5.91 Å². The van der Waals surface area contributed by atoms with Crippen LogP contribution in [-0.2, 0) is 7.05 Å². The number of carbonyl (C=O) groups excluding carboxylic acids is 2. The monoisotopic (exact) mass is 555 g/mol. The fourth-order valence-corrected chi connectivity index (χ4v) is 6.10. The third-order valence-corrected chi connectivity index (χ3v) is 8.19. The number of carbonyl (C=O) groups is 2. The molecule has 9 nitrogen and oxygen atoms in total. The number of halogens is 1. The maximum absolute atomic E-state index is 15.5. The second-order valence-electron chi connectivity index (χ2n) is 9.75. The number of benzene rings is 2. The van der Waals surface area contributed by atoms with E-state index in [1.165, 1.54) is 28.2 Å². The molecule has 1 aliphatic rings. The van der Waals surface area contributed by atoms with Crippen LogP contribution in [0.5, 0.6) is 0 Å². The van der Waals surface area contributed by atoms with Crippen LogP contribution in [0.25, 0.3) is 31.8 Å². The summed E-state index contributed by atoms with van der Waals surface area (Å²) in [6.07, 6.45) is 5.00. The van der Waals surface area contributed by atoms with Gasteiger partial charge in [0.1, 0.15) is 17.3 Å². The highest BCUT2D eigenvalue weighted by molar-refractivity contribution is 7.22. The van der Waals surface area contributed by atoms with E-state index in [9.17, 15) is 9.59 Å². The molecule has 0 saturated carbocycles. The molecular weight excluding hydrogens is 529 g/mol. The lowest BCUT2D eigenvalue weighted by Gasteiger charge is -2.34. The van der Waals surface area contributed by atoms with Crippen molar-refractivity contribution in [1.82, 2.24) is 25.3 Å². The first-order valence-electron chi connectivity index (χ1n) is 12.9. The van der Waals surface area contributed by atoms with Gasteiger partial charge in [-0.1, -0.05) is 23.4 Å². The largest absolute Gasteiger partial charge is 0.366 e. The van der Waals surface area contributed by atoms with E-state index in [4.69, 9.17) is 5.73 Å². The van der Waals surface area contributed by atoms with Gasteiger partial charge < -0.3 is 11.1 Å². The summed E-state index contributed by atoms with van der Waals surface area (Å²) in [5.41, 5.74) is 7.76. The number of nitrogens with two attached hydrogens (primary N) is 1. The summed E-state index contributed by atoms with van der Waals surface area (Å²) in [4.78, 5) is 33.0. The molecular formula is C29H26FN7O2S. The van der Waals surface area contributed by atoms with E-state index in [0.29, 0.717) is 29.2 Å². The molecule has 5 aromatic rings. The number of fused-ring (bicyclic) bond motifs is 1. The summed E-state index contributed by atoms with van der Waals surface area (Å²) < 4.78 is 18.0. The highest BCUT2D eigenvalue weighted by Crippen LogP contribution is 2.39. The minimum absolute atomic E-state index is 0.0402. The number of thiophene rings is 1. The summed E-state index contributed by atoms with van der Waals surface area (Å²) in [5.74, 6) is -1.12. The molecule has 0 radical (unpaired) electrons. The molecule has 11 heteroatoms. The van der Waals surface area contributed by atoms with Gasteiger partial charge in [0, 0.05) is 45.9 Å². The molecule has 0 unspecified atom stereocenters. The number of piperidine rings is 1. The normalized spacial score (nSPS) is 15.3. The first kappa shape index (κ1) is 25.8. The number of aromatic nitrogens is 4. The van der Waals surface area contributed by atoms with Crippen LogP contribution in [0.4, 0.5) is 10.2 Å². The van der Waals surface area contributed by atoms with E-state index >= 15 is 4.39 Å². The third-order valence-electron chi connectivity index (χ3n) is 7.04. The van der Waals surface area contributed by atoms with Gasteiger partial charge in [-0.15, -0.1) is 16.4 Å². The molecule has 3 N–H and O–H groups in total. The summed E-state index contributed by atoms with van der Waals surface area (Å²) in [7, 11) is 1.73. The van der Waals surface area contributed by atoms with E-state index in [2.05, 4.69) is 20.6 Å². The van der Waals surface area contributed by atoms with Crippen LogP contribution in [0.2, 0.25) is 0 Å². The Bertz CT molecular complexity index is 1740. The standard InChI is InChI=1S/C29H26FN7O2S/c1-36-16-24(34-35-36)17-7-8-21(23(30)13-17)29(39)37(20-6-3-10-32-15-20)28-22-14-26(40-25(22)9-11-33-28)18-4-2-5-19(12-18)27(31)38/h2,4-5,7-9,11-14,16,20,32H,3,6,10,15H2,1H3,(H2,31,38)/t20-/m1/s1. The first-order chi connectivity index (χ1) is 19.4. The van der Waals surface area contributed by atoms with E-state index in [0.717, 1.165) is 39.9 Å². The number of nitrogens with one attached hydrogen (secondary N) is 1. The van der Waals surface area contributed by atoms with Crippen molar-refractivity contribution >= 4 is 39.1 Å². The van der Waals surface area contributed by atoms with Gasteiger partial charge in [-0.25, -0.2) is 9.37 Å². The van der Waals surface area contributed by atoms with Gasteiger partial charge in [-0.3, -0.25) is 19.2 Å². The number of anilines is 1. The maximum Gasteiger partial charge on any atom is 0.262 e. The Morgan fingerprint density at radius 1 is 1.15 bits per heavy atom. The SMILES string of the molecule is Cn1cc(-c2ccc(C(=O)N(c3nccc4sc(-c5cccc(C(N)=O)c5)cc34)[C@@H]3CCCNC3)c(F)c2)nn1. The van der Waals surface area contributed by atoms with Crippen molar-refractivity contribution in [3.8, 4) is 21.7 Å². The highest BCUT2D eigenvalue weighted by atomic mass is 32.1. The average molecular weight is 556 g/mol. The second-order valence-corrected chi connectivity index (χ2v) is 10.8. The zero-order valence-electron chi connectivity index (χ0n) is 21.7. The Kier molecular flexibility index (Phi) is 6.82. The molecule has 1 fully saturated rings. The van der Waals surface area contributed by atoms with Crippen molar-refractivity contribution in [2.24, 2.45) is 12.8 Å². The Balaban J connectivity index is 1.43. The van der Waals surface area contributed by atoms with Gasteiger partial charge in [-0.05, 0) is 61.3 Å². The smallest absolute Gasteiger partial charge is 0.262 e. The van der Waals surface area contributed by atoms with E-state index in [1.54, 1.807) is 48.6 Å². The second kappa shape index (κ2) is 10.6. The molecule has 3 aromatic heterocycles. The number of pyridine rings is 1. The van der Waals surface area contributed by atoms with Gasteiger partial charge in [-0.2, -0.15) is 0 Å². The van der Waals surface area contributed by atoms with Gasteiger partial charge >= 0.3 is 0 Å². The van der Waals surface area contributed by atoms with Crippen LogP contribution in [0.15, 0.2) is 67.0 Å². The predicted octanol–water partition coefficient (Wildman–Crippen LogP) is 4.40. The Labute approximate surface area is 233 Å². The molecule has 0 bridgehead atoms. The summed E-state index contributed by atoms with van der Waals surface area (Å²) in [6, 6.07) is 15.3. The van der Waals surface area contributed by atoms with Crippen molar-refractivity contribution in [1.29, 1.82) is 0 Å². The molecule has 6 rings (SSSR count). The minimum Gasteiger partial charge on any atom is -0.366 e. The number of nitrogens with zero attached hydrogens (tertiary/aromatic N) is 5. The maximum atomic E-state index is 15.5. The van der Waals surface area contributed by atoms with Crippen molar-refractivity contribution in [3.63, 3.8) is 0 Å². The molecule has 1 saturated heterocycles. The van der Waals surface area contributed by atoms with Crippen LogP contribution in [-0.4, -0.2) is 50.9 Å². The first-order valence-corrected chi connectivity index (χ1v) is 13.7. The number of hydrogen-bond donors (Lipinski definition) is 2. The zero-order valence-corrected chi connectivity index (χ0v) is 22.5. The molecule has 202 valence electrons. The Morgan fingerprint density at radius 2 is 2.02 bits per heavy atom. The van der Waals surface area contributed by atoms with Gasteiger partial charge in [0.15, 0.2) is 0 Å². The quantitative estimate of drug-likeness (QED) is 0.321. The molecule has 4 heterocycles. The van der Waals surface area contributed by atoms with Crippen molar-refractivity contribution in [2.75, 3.05) is 18.0 Å². The fourth-order valence-electron chi connectivity index (χ4n) is 5.05. The lowest BCUT2D eigenvalue weighted by molar-refractivity contribution is 0.0966. The van der Waals surface area contributed by atoms with Gasteiger partial charge in [0.25, 0.3) is 5.91 Å². The third kappa shape index (κ3) is 4.85. The summed E-state index contributed by atoms with van der Waals surface area (Å²) in [5, 5.41) is 12.1. The number of primary amides is 1. The molecule has 2 amide bonds. The summed E-state index contributed by atoms with van der Waals surface area (Å²) in [6.45, 7) is 1.43. The predicted molar refractivity (Wildman–Crippen MR) is 153 cm³/mol. The number of hydrogen-bond acceptors (Lipinski definition) is 7. The lowest BCUT2D eigenvalue weighted by Crippen LogP contribution is -2.49. The molecule has 0 spiro atoms. The highest BCUT2D eigenvalue weighted by Gasteiger charge is 2.32. The van der Waals surface area contributed by atoms with Crippen LogP contribution in [0.1, 0.15) is 33.6 Å². The molecule has 1 aliphatic heterocycles. The van der Waals surface area contributed by atoms with Crippen LogP contribution in [0, 0.1) is 5.82 Å². The van der Waals surface area contributed by atoms with Crippen molar-refractivity contribution < 1.29 is 14.0 Å². The van der Waals surface area contributed by atoms with E-state index in [-0.39, 0.29) is 11.6 Å². The van der Waals surface area contributed by atoms with E-state index in [1.807, 2.05) is 18.2 Å². The average Bonchev–Trinajstić information content (AvgIpc) is 3.61. The number of rotatable bonds is 6.